The largest absolute Gasteiger partial charge is 0.456 e. The second-order valence-electron chi connectivity index (χ2n) is 10.4. The summed E-state index contributed by atoms with van der Waals surface area (Å²) in [6.45, 7) is 25.1. The van der Waals surface area contributed by atoms with Crippen molar-refractivity contribution in [1.82, 2.24) is 0 Å². The first-order valence-electron chi connectivity index (χ1n) is 10.5. The van der Waals surface area contributed by atoms with Gasteiger partial charge in [-0.1, -0.05) is 26.5 Å². The molecular weight excluding hydrogens is 448 g/mol. The first-order valence-corrected chi connectivity index (χ1v) is 18.3. The third-order valence-electron chi connectivity index (χ3n) is 4.54. The smallest absolute Gasteiger partial charge is 0.334 e. The summed E-state index contributed by atoms with van der Waals surface area (Å²) in [5.74, 6) is -3.70. The Morgan fingerprint density at radius 2 is 1.26 bits per heavy atom. The molecule has 0 aromatic rings. The van der Waals surface area contributed by atoms with Crippen molar-refractivity contribution in [2.75, 3.05) is 0 Å². The fraction of sp³-hybridized carbons (Fsp3) is 0.714. The van der Waals surface area contributed by atoms with Gasteiger partial charge in [-0.3, -0.25) is 0 Å². The van der Waals surface area contributed by atoms with Gasteiger partial charge in [0.25, 0.3) is 0 Å². The third kappa shape index (κ3) is 8.10. The molecule has 1 N–H and O–H groups in total. The van der Waals surface area contributed by atoms with Crippen molar-refractivity contribution in [3.05, 3.63) is 24.3 Å². The Kier molecular flexibility index (Phi) is 9.91. The second kappa shape index (κ2) is 10.3. The molecule has 0 fully saturated rings. The van der Waals surface area contributed by atoms with E-state index in [1.807, 2.05) is 46.2 Å². The number of carbonyl (C=O) groups excluding carboxylic acids is 2. The van der Waals surface area contributed by atoms with E-state index in [0.29, 0.717) is 12.8 Å². The first-order chi connectivity index (χ1) is 13.6. The number of carbonyl (C=O) groups is 2. The minimum atomic E-state index is -2.45. The van der Waals surface area contributed by atoms with Gasteiger partial charge in [-0.25, -0.2) is 9.59 Å². The fourth-order valence-electron chi connectivity index (χ4n) is 2.98. The summed E-state index contributed by atoms with van der Waals surface area (Å²) < 4.78 is 24.2. The molecule has 2 unspecified atom stereocenters. The van der Waals surface area contributed by atoms with E-state index in [1.165, 1.54) is 20.8 Å². The molecular formula is C21H42O7Si3. The monoisotopic (exact) mass is 490 g/mol. The van der Waals surface area contributed by atoms with E-state index in [1.54, 1.807) is 0 Å². The lowest BCUT2D eigenvalue weighted by molar-refractivity contribution is -0.386. The van der Waals surface area contributed by atoms with E-state index in [9.17, 15) is 14.7 Å². The summed E-state index contributed by atoms with van der Waals surface area (Å²) in [4.78, 5) is 25.3. The molecule has 0 amide bonds. The van der Waals surface area contributed by atoms with Gasteiger partial charge in [0.1, 0.15) is 5.22 Å². The Balaban J connectivity index is 7.05. The van der Waals surface area contributed by atoms with Gasteiger partial charge in [0, 0.05) is 11.1 Å². The number of esters is 2. The van der Waals surface area contributed by atoms with Crippen molar-refractivity contribution < 1.29 is 33.0 Å². The van der Waals surface area contributed by atoms with Crippen LogP contribution in [0, 0.1) is 0 Å². The highest BCUT2D eigenvalue weighted by molar-refractivity contribution is 6.71. The van der Waals surface area contributed by atoms with Crippen molar-refractivity contribution in [1.29, 1.82) is 0 Å². The maximum Gasteiger partial charge on any atom is 0.334 e. The van der Waals surface area contributed by atoms with Gasteiger partial charge in [0.05, 0.1) is 10.2 Å². The zero-order valence-corrected chi connectivity index (χ0v) is 25.2. The summed E-state index contributed by atoms with van der Waals surface area (Å²) in [5, 5.41) is 10.6. The maximum atomic E-state index is 12.7. The molecule has 2 atom stereocenters. The van der Waals surface area contributed by atoms with Gasteiger partial charge < -0.3 is 23.4 Å². The van der Waals surface area contributed by atoms with Crippen LogP contribution >= 0.6 is 0 Å². The average Bonchev–Trinajstić information content (AvgIpc) is 2.50. The summed E-state index contributed by atoms with van der Waals surface area (Å²) >= 11 is 0. The van der Waals surface area contributed by atoms with Crippen LogP contribution in [-0.4, -0.2) is 60.7 Å². The minimum Gasteiger partial charge on any atom is -0.456 e. The van der Waals surface area contributed by atoms with Gasteiger partial charge in [0.15, 0.2) is 16.6 Å². The molecule has 0 bridgehead atoms. The van der Waals surface area contributed by atoms with Crippen LogP contribution in [0.2, 0.25) is 39.3 Å². The van der Waals surface area contributed by atoms with Gasteiger partial charge in [-0.2, -0.15) is 0 Å². The van der Waals surface area contributed by atoms with E-state index in [0.717, 1.165) is 0 Å². The van der Waals surface area contributed by atoms with E-state index < -0.39 is 45.4 Å². The topological polar surface area (TPSA) is 91.3 Å². The van der Waals surface area contributed by atoms with Gasteiger partial charge in [0.2, 0.25) is 5.60 Å². The van der Waals surface area contributed by atoms with E-state index >= 15 is 0 Å². The van der Waals surface area contributed by atoms with Crippen LogP contribution in [0.5, 0.6) is 0 Å². The fourth-order valence-corrected chi connectivity index (χ4v) is 6.30. The Morgan fingerprint density at radius 3 is 1.55 bits per heavy atom. The van der Waals surface area contributed by atoms with E-state index in [4.69, 9.17) is 18.3 Å². The van der Waals surface area contributed by atoms with Crippen LogP contribution in [0.15, 0.2) is 24.3 Å². The quantitative estimate of drug-likeness (QED) is 0.194. The predicted octanol–water partition coefficient (Wildman–Crippen LogP) is 3.19. The third-order valence-corrected chi connectivity index (χ3v) is 7.98. The van der Waals surface area contributed by atoms with Crippen LogP contribution in [0.1, 0.15) is 40.5 Å². The molecule has 0 aliphatic rings. The lowest BCUT2D eigenvalue weighted by atomic mass is 9.90. The lowest BCUT2D eigenvalue weighted by Gasteiger charge is -2.54. The Hall–Kier alpha value is -1.05. The molecule has 0 heterocycles. The van der Waals surface area contributed by atoms with Crippen molar-refractivity contribution in [3.63, 3.8) is 0 Å². The highest BCUT2D eigenvalue weighted by Crippen LogP contribution is 2.45. The number of aliphatic hydroxyl groups is 1. The molecule has 7 nitrogen and oxygen atoms in total. The Bertz CT molecular complexity index is 693. The molecule has 0 saturated heterocycles. The lowest BCUT2D eigenvalue weighted by Crippen LogP contribution is -2.74. The normalized spacial score (nSPS) is 16.7. The highest BCUT2D eigenvalue weighted by Gasteiger charge is 2.67. The Labute approximate surface area is 192 Å². The van der Waals surface area contributed by atoms with Crippen molar-refractivity contribution in [2.45, 2.75) is 96.6 Å². The minimum absolute atomic E-state index is 0.140. The molecule has 0 aromatic heterocycles. The molecule has 0 radical (unpaired) electrons. The van der Waals surface area contributed by atoms with Crippen molar-refractivity contribution >= 4 is 38.8 Å². The van der Waals surface area contributed by atoms with Crippen LogP contribution in [0.3, 0.4) is 0 Å². The molecule has 0 aliphatic heterocycles. The molecule has 0 spiro atoms. The summed E-state index contributed by atoms with van der Waals surface area (Å²) in [6.07, 6.45) is 0.924. The standard InChI is InChI=1S/C21H42O7Si3/c1-13-14-20(29,26-18(23)16(4)5)19(6,25-17(22)15(2)3)21(24,27-30(7,8)9)28-31(10,11)12/h24H,2,4,13-14H2,1,3,5-12,29H3. The summed E-state index contributed by atoms with van der Waals surface area (Å²) in [5.41, 5.74) is -1.52. The molecule has 180 valence electrons. The summed E-state index contributed by atoms with van der Waals surface area (Å²) in [7, 11) is -4.69. The maximum absolute atomic E-state index is 12.7. The zero-order chi connectivity index (χ0) is 25.1. The van der Waals surface area contributed by atoms with Crippen LogP contribution < -0.4 is 0 Å². The van der Waals surface area contributed by atoms with Gasteiger partial charge in [-0.05, 0) is 66.5 Å². The SMILES string of the molecule is C=C(C)C(=O)OC([SiH3])(CCC)C(C)(OC(=O)C(=C)C)C(O)(O[Si](C)(C)C)O[Si](C)(C)C. The summed E-state index contributed by atoms with van der Waals surface area (Å²) in [6, 6.07) is 0. The van der Waals surface area contributed by atoms with E-state index in [-0.39, 0.29) is 21.4 Å². The second-order valence-corrected chi connectivity index (χ2v) is 20.8. The van der Waals surface area contributed by atoms with Gasteiger partial charge in [-0.15, -0.1) is 0 Å². The molecule has 0 aliphatic carbocycles. The Morgan fingerprint density at radius 1 is 0.903 bits per heavy atom. The number of hydrogen-bond acceptors (Lipinski definition) is 7. The zero-order valence-electron chi connectivity index (χ0n) is 21.2. The number of ether oxygens (including phenoxy) is 2. The average molecular weight is 491 g/mol. The van der Waals surface area contributed by atoms with Crippen LogP contribution in [0.25, 0.3) is 0 Å². The van der Waals surface area contributed by atoms with Crippen molar-refractivity contribution in [3.8, 4) is 0 Å². The first kappa shape index (κ1) is 30.0. The molecule has 0 rings (SSSR count). The van der Waals surface area contributed by atoms with Crippen LogP contribution in [0.4, 0.5) is 0 Å². The van der Waals surface area contributed by atoms with Crippen LogP contribution in [-0.2, 0) is 27.9 Å². The molecule has 10 heteroatoms. The number of hydrogen-bond donors (Lipinski definition) is 1. The molecule has 0 saturated carbocycles. The van der Waals surface area contributed by atoms with Gasteiger partial charge >= 0.3 is 17.9 Å². The molecule has 0 aromatic carbocycles. The highest BCUT2D eigenvalue weighted by atomic mass is 28.4. The number of rotatable bonds is 12. The molecule has 31 heavy (non-hydrogen) atoms. The predicted molar refractivity (Wildman–Crippen MR) is 132 cm³/mol. The van der Waals surface area contributed by atoms with Crippen molar-refractivity contribution in [2.24, 2.45) is 0 Å². The van der Waals surface area contributed by atoms with E-state index in [2.05, 4.69) is 13.2 Å².